The molecule has 0 bridgehead atoms. The van der Waals surface area contributed by atoms with E-state index in [0.29, 0.717) is 20.0 Å². The van der Waals surface area contributed by atoms with E-state index in [1.165, 1.54) is 17.3 Å². The highest BCUT2D eigenvalue weighted by Gasteiger charge is 2.27. The molecule has 0 aromatic heterocycles. The molecule has 130 valence electrons. The van der Waals surface area contributed by atoms with Crippen molar-refractivity contribution in [2.24, 2.45) is 0 Å². The van der Waals surface area contributed by atoms with Gasteiger partial charge in [-0.1, -0.05) is 42.4 Å². The normalized spacial score (nSPS) is 18.4. The minimum absolute atomic E-state index is 0.0527. The van der Waals surface area contributed by atoms with Crippen LogP contribution in [0.15, 0.2) is 45.8 Å². The molecule has 0 spiro atoms. The van der Waals surface area contributed by atoms with Gasteiger partial charge in [0.15, 0.2) is 5.50 Å². The number of anilines is 1. The number of halogens is 2. The van der Waals surface area contributed by atoms with Crippen molar-refractivity contribution in [1.82, 2.24) is 5.32 Å². The fourth-order valence-electron chi connectivity index (χ4n) is 2.39. The highest BCUT2D eigenvalue weighted by molar-refractivity contribution is 9.10. The van der Waals surface area contributed by atoms with E-state index in [9.17, 15) is 9.90 Å². The number of aromatic hydroxyl groups is 1. The lowest BCUT2D eigenvalue weighted by Crippen LogP contribution is -2.30. The molecule has 0 saturated carbocycles. The Morgan fingerprint density at radius 3 is 2.76 bits per heavy atom. The van der Waals surface area contributed by atoms with Crippen LogP contribution in [-0.2, 0) is 11.2 Å². The molecule has 0 unspecified atom stereocenters. The molecular formula is C18H16BrClN2O2S. The van der Waals surface area contributed by atoms with Gasteiger partial charge in [-0.05, 0) is 58.3 Å². The van der Waals surface area contributed by atoms with Crippen molar-refractivity contribution in [3.05, 3.63) is 61.9 Å². The van der Waals surface area contributed by atoms with E-state index in [1.54, 1.807) is 18.2 Å². The first-order valence-corrected chi connectivity index (χ1v) is 9.74. The first-order chi connectivity index (χ1) is 12.0. The zero-order valence-electron chi connectivity index (χ0n) is 13.3. The number of carbonyl (C=O) groups is 1. The van der Waals surface area contributed by atoms with Crippen LogP contribution in [0.3, 0.4) is 0 Å². The Hall–Kier alpha value is -1.63. The summed E-state index contributed by atoms with van der Waals surface area (Å²) in [6.45, 7) is 2.11. The Kier molecular flexibility index (Phi) is 5.61. The van der Waals surface area contributed by atoms with Gasteiger partial charge in [-0.25, -0.2) is 0 Å². The van der Waals surface area contributed by atoms with E-state index in [-0.39, 0.29) is 17.2 Å². The van der Waals surface area contributed by atoms with Crippen molar-refractivity contribution >= 4 is 57.0 Å². The van der Waals surface area contributed by atoms with Gasteiger partial charge < -0.3 is 15.7 Å². The maximum absolute atomic E-state index is 12.2. The second-order valence-electron chi connectivity index (χ2n) is 5.50. The molecule has 1 amide bonds. The van der Waals surface area contributed by atoms with E-state index in [4.69, 9.17) is 11.6 Å². The summed E-state index contributed by atoms with van der Waals surface area (Å²) >= 11 is 10.6. The summed E-state index contributed by atoms with van der Waals surface area (Å²) in [5.41, 5.74) is 2.42. The lowest BCUT2D eigenvalue weighted by atomic mass is 10.1. The summed E-state index contributed by atoms with van der Waals surface area (Å²) in [4.78, 5) is 12.7. The maximum Gasteiger partial charge on any atom is 0.260 e. The average molecular weight is 440 g/mol. The molecule has 1 aliphatic heterocycles. The van der Waals surface area contributed by atoms with Crippen LogP contribution in [0.5, 0.6) is 5.75 Å². The molecule has 1 aliphatic rings. The molecule has 3 N–H and O–H groups in total. The number of benzene rings is 2. The third kappa shape index (κ3) is 4.32. The lowest BCUT2D eigenvalue weighted by molar-refractivity contribution is -0.116. The van der Waals surface area contributed by atoms with Crippen molar-refractivity contribution in [1.29, 1.82) is 0 Å². The van der Waals surface area contributed by atoms with E-state index >= 15 is 0 Å². The SMILES string of the molecule is CCc1ccc(N[C@H]2NC(=O)/C(=C/c3cc(Cl)cc(Br)c3O)S2)cc1. The molecule has 25 heavy (non-hydrogen) atoms. The van der Waals surface area contributed by atoms with Crippen LogP contribution in [-0.4, -0.2) is 16.5 Å². The number of phenols is 1. The molecule has 1 fully saturated rings. The quantitative estimate of drug-likeness (QED) is 0.589. The van der Waals surface area contributed by atoms with Crippen molar-refractivity contribution in [2.75, 3.05) is 5.32 Å². The zero-order valence-corrected chi connectivity index (χ0v) is 16.5. The van der Waals surface area contributed by atoms with Crippen molar-refractivity contribution < 1.29 is 9.90 Å². The van der Waals surface area contributed by atoms with E-state index in [2.05, 4.69) is 45.6 Å². The molecule has 1 saturated heterocycles. The van der Waals surface area contributed by atoms with Crippen LogP contribution < -0.4 is 10.6 Å². The fraction of sp³-hybridized carbons (Fsp3) is 0.167. The molecule has 0 aliphatic carbocycles. The third-order valence-electron chi connectivity index (χ3n) is 3.74. The Morgan fingerprint density at radius 2 is 2.08 bits per heavy atom. The number of hydrogen-bond donors (Lipinski definition) is 3. The highest BCUT2D eigenvalue weighted by Crippen LogP contribution is 2.36. The summed E-state index contributed by atoms with van der Waals surface area (Å²) in [7, 11) is 0. The molecule has 2 aromatic rings. The van der Waals surface area contributed by atoms with Crippen LogP contribution in [0.25, 0.3) is 6.08 Å². The molecule has 7 heteroatoms. The van der Waals surface area contributed by atoms with Gasteiger partial charge in [-0.2, -0.15) is 0 Å². The standard InChI is InChI=1S/C18H16BrClN2O2S/c1-2-10-3-5-13(6-4-10)21-18-22-17(24)15(25-18)8-11-7-12(20)9-14(19)16(11)23/h3-9,18,21,23H,2H2,1H3,(H,22,24)/b15-8-/t18-/m0/s1. The molecule has 0 radical (unpaired) electrons. The summed E-state index contributed by atoms with van der Waals surface area (Å²) in [6.07, 6.45) is 2.62. The summed E-state index contributed by atoms with van der Waals surface area (Å²) in [5, 5.41) is 16.7. The van der Waals surface area contributed by atoms with Gasteiger partial charge in [-0.15, -0.1) is 0 Å². The number of nitrogens with one attached hydrogen (secondary N) is 2. The second kappa shape index (κ2) is 7.72. The molecule has 1 heterocycles. The van der Waals surface area contributed by atoms with Gasteiger partial charge >= 0.3 is 0 Å². The van der Waals surface area contributed by atoms with Crippen molar-refractivity contribution in [3.8, 4) is 5.75 Å². The highest BCUT2D eigenvalue weighted by atomic mass is 79.9. The van der Waals surface area contributed by atoms with Crippen molar-refractivity contribution in [3.63, 3.8) is 0 Å². The Labute approximate surface area is 163 Å². The van der Waals surface area contributed by atoms with Crippen molar-refractivity contribution in [2.45, 2.75) is 18.8 Å². The predicted molar refractivity (Wildman–Crippen MR) is 108 cm³/mol. The predicted octanol–water partition coefficient (Wildman–Crippen LogP) is 4.97. The molecule has 1 atom stereocenters. The Balaban J connectivity index is 1.76. The third-order valence-corrected chi connectivity index (χ3v) is 5.59. The van der Waals surface area contributed by atoms with Gasteiger partial charge in [0.1, 0.15) is 5.75 Å². The molecular weight excluding hydrogens is 424 g/mol. The minimum atomic E-state index is -0.268. The number of thioether (sulfide) groups is 1. The number of amides is 1. The lowest BCUT2D eigenvalue weighted by Gasteiger charge is -2.12. The first kappa shape index (κ1) is 18.2. The summed E-state index contributed by atoms with van der Waals surface area (Å²) in [5.74, 6) is -0.139. The van der Waals surface area contributed by atoms with Gasteiger partial charge in [0.2, 0.25) is 0 Å². The summed E-state index contributed by atoms with van der Waals surface area (Å²) in [6, 6.07) is 11.3. The van der Waals surface area contributed by atoms with E-state index < -0.39 is 0 Å². The van der Waals surface area contributed by atoms with Crippen LogP contribution >= 0.6 is 39.3 Å². The van der Waals surface area contributed by atoms with Gasteiger partial charge in [0.05, 0.1) is 9.38 Å². The monoisotopic (exact) mass is 438 g/mol. The smallest absolute Gasteiger partial charge is 0.260 e. The number of carbonyl (C=O) groups excluding carboxylic acids is 1. The largest absolute Gasteiger partial charge is 0.506 e. The number of hydrogen-bond acceptors (Lipinski definition) is 4. The van der Waals surface area contributed by atoms with Gasteiger partial charge in [-0.3, -0.25) is 4.79 Å². The second-order valence-corrected chi connectivity index (χ2v) is 7.94. The Morgan fingerprint density at radius 1 is 1.36 bits per heavy atom. The Bertz CT molecular complexity index is 840. The number of rotatable bonds is 4. The molecule has 2 aromatic carbocycles. The number of phenolic OH excluding ortho intramolecular Hbond substituents is 1. The van der Waals surface area contributed by atoms with Gasteiger partial charge in [0, 0.05) is 16.3 Å². The molecule has 3 rings (SSSR count). The maximum atomic E-state index is 12.2. The van der Waals surface area contributed by atoms with E-state index in [0.717, 1.165) is 12.1 Å². The van der Waals surface area contributed by atoms with Crippen LogP contribution in [0, 0.1) is 0 Å². The number of aryl methyl sites for hydroxylation is 1. The topological polar surface area (TPSA) is 61.4 Å². The zero-order chi connectivity index (χ0) is 18.0. The van der Waals surface area contributed by atoms with Crippen LogP contribution in [0.2, 0.25) is 5.02 Å². The fourth-order valence-corrected chi connectivity index (χ4v) is 4.20. The summed E-state index contributed by atoms with van der Waals surface area (Å²) < 4.78 is 0.487. The molecule has 4 nitrogen and oxygen atoms in total. The van der Waals surface area contributed by atoms with E-state index in [1.807, 2.05) is 12.1 Å². The van der Waals surface area contributed by atoms with Crippen LogP contribution in [0.4, 0.5) is 5.69 Å². The first-order valence-electron chi connectivity index (χ1n) is 7.69. The minimum Gasteiger partial charge on any atom is -0.506 e. The average Bonchev–Trinajstić information content (AvgIpc) is 2.92. The van der Waals surface area contributed by atoms with Gasteiger partial charge in [0.25, 0.3) is 5.91 Å². The van der Waals surface area contributed by atoms with Crippen LogP contribution in [0.1, 0.15) is 18.1 Å².